The van der Waals surface area contributed by atoms with Crippen molar-refractivity contribution in [3.05, 3.63) is 88.5 Å². The molecule has 0 saturated heterocycles. The molecular formula is C23H23N5O. The molecule has 2 heterocycles. The molecule has 0 aliphatic heterocycles. The first-order valence-electron chi connectivity index (χ1n) is 9.56. The molecule has 0 radical (unpaired) electrons. The number of aryl methyl sites for hydroxylation is 4. The van der Waals surface area contributed by atoms with Crippen molar-refractivity contribution < 1.29 is 4.79 Å². The molecule has 0 spiro atoms. The first kappa shape index (κ1) is 18.8. The van der Waals surface area contributed by atoms with Crippen LogP contribution >= 0.6 is 0 Å². The molecule has 0 aliphatic carbocycles. The van der Waals surface area contributed by atoms with Gasteiger partial charge in [-0.1, -0.05) is 30.3 Å². The first-order valence-corrected chi connectivity index (χ1v) is 9.56. The Morgan fingerprint density at radius 1 is 0.966 bits per heavy atom. The van der Waals surface area contributed by atoms with Crippen molar-refractivity contribution in [2.75, 3.05) is 4.90 Å². The maximum atomic E-state index is 13.5. The van der Waals surface area contributed by atoms with Crippen molar-refractivity contribution >= 4 is 17.4 Å². The van der Waals surface area contributed by atoms with Crippen LogP contribution in [0.25, 0.3) is 5.78 Å². The molecule has 0 atom stereocenters. The monoisotopic (exact) mass is 385 g/mol. The fourth-order valence-corrected chi connectivity index (χ4v) is 3.45. The van der Waals surface area contributed by atoms with Crippen molar-refractivity contribution in [1.29, 1.82) is 0 Å². The topological polar surface area (TPSA) is 63.4 Å². The number of nitrogens with zero attached hydrogens (tertiary/aromatic N) is 5. The van der Waals surface area contributed by atoms with Crippen molar-refractivity contribution in [3.63, 3.8) is 0 Å². The summed E-state index contributed by atoms with van der Waals surface area (Å²) in [5, 5.41) is 4.59. The molecule has 0 bridgehead atoms. The van der Waals surface area contributed by atoms with E-state index in [1.807, 2.05) is 82.3 Å². The fraction of sp³-hybridized carbons (Fsp3) is 0.217. The normalized spacial score (nSPS) is 11.0. The van der Waals surface area contributed by atoms with E-state index in [2.05, 4.69) is 15.1 Å². The molecule has 0 aliphatic rings. The van der Waals surface area contributed by atoms with Gasteiger partial charge in [0.1, 0.15) is 0 Å². The maximum absolute atomic E-state index is 13.5. The van der Waals surface area contributed by atoms with Crippen LogP contribution in [0.4, 0.5) is 5.69 Å². The number of fused-ring (bicyclic) bond motifs is 1. The smallest absolute Gasteiger partial charge is 0.258 e. The van der Waals surface area contributed by atoms with Gasteiger partial charge in [0.05, 0.1) is 6.54 Å². The van der Waals surface area contributed by atoms with Crippen LogP contribution in [0.1, 0.15) is 38.7 Å². The molecule has 29 heavy (non-hydrogen) atoms. The predicted octanol–water partition coefficient (Wildman–Crippen LogP) is 4.20. The predicted molar refractivity (Wildman–Crippen MR) is 113 cm³/mol. The molecule has 2 aromatic heterocycles. The Morgan fingerprint density at radius 3 is 2.52 bits per heavy atom. The van der Waals surface area contributed by atoms with Crippen molar-refractivity contribution in [2.24, 2.45) is 0 Å². The van der Waals surface area contributed by atoms with Crippen LogP contribution in [0.15, 0.2) is 54.6 Å². The minimum Gasteiger partial charge on any atom is -0.301 e. The van der Waals surface area contributed by atoms with Crippen molar-refractivity contribution in [2.45, 2.75) is 34.2 Å². The highest BCUT2D eigenvalue weighted by Gasteiger charge is 2.22. The van der Waals surface area contributed by atoms with Gasteiger partial charge in [-0.05, 0) is 63.1 Å². The summed E-state index contributed by atoms with van der Waals surface area (Å²) in [5.41, 5.74) is 5.35. The number of anilines is 1. The summed E-state index contributed by atoms with van der Waals surface area (Å²) in [6, 6.07) is 17.5. The Morgan fingerprint density at radius 2 is 1.76 bits per heavy atom. The van der Waals surface area contributed by atoms with E-state index in [4.69, 9.17) is 0 Å². The third kappa shape index (κ3) is 3.74. The van der Waals surface area contributed by atoms with E-state index in [0.29, 0.717) is 17.2 Å². The van der Waals surface area contributed by atoms with Crippen molar-refractivity contribution in [1.82, 2.24) is 19.6 Å². The van der Waals surface area contributed by atoms with Crippen LogP contribution in [0.2, 0.25) is 0 Å². The minimum absolute atomic E-state index is 0.0755. The molecule has 6 heteroatoms. The molecule has 0 unspecified atom stereocenters. The molecule has 2 aromatic carbocycles. The minimum atomic E-state index is -0.0755. The quantitative estimate of drug-likeness (QED) is 0.528. The number of carbonyl (C=O) groups excluding carboxylic acids is 1. The third-order valence-electron chi connectivity index (χ3n) is 4.90. The van der Waals surface area contributed by atoms with Gasteiger partial charge in [0.2, 0.25) is 0 Å². The SMILES string of the molecule is Cc1cccc(N(Cc2nc3nc(C)cc(C)n3n2)C(=O)c2ccccc2C)c1. The Balaban J connectivity index is 1.78. The zero-order valence-electron chi connectivity index (χ0n) is 17.0. The average molecular weight is 385 g/mol. The molecule has 0 fully saturated rings. The lowest BCUT2D eigenvalue weighted by atomic mass is 10.1. The lowest BCUT2D eigenvalue weighted by molar-refractivity contribution is 0.0984. The van der Waals surface area contributed by atoms with Gasteiger partial charge >= 0.3 is 0 Å². The van der Waals surface area contributed by atoms with E-state index < -0.39 is 0 Å². The Bertz CT molecular complexity index is 1210. The number of hydrogen-bond donors (Lipinski definition) is 0. The lowest BCUT2D eigenvalue weighted by Crippen LogP contribution is -2.31. The Labute approximate surface area is 169 Å². The van der Waals surface area contributed by atoms with Crippen LogP contribution in [-0.4, -0.2) is 25.5 Å². The lowest BCUT2D eigenvalue weighted by Gasteiger charge is -2.23. The van der Waals surface area contributed by atoms with Gasteiger partial charge in [-0.15, -0.1) is 5.10 Å². The molecular weight excluding hydrogens is 362 g/mol. The van der Waals surface area contributed by atoms with Crippen LogP contribution in [0.3, 0.4) is 0 Å². The number of rotatable bonds is 4. The van der Waals surface area contributed by atoms with E-state index in [1.54, 1.807) is 9.42 Å². The van der Waals surface area contributed by atoms with E-state index in [0.717, 1.165) is 28.2 Å². The van der Waals surface area contributed by atoms with E-state index in [1.165, 1.54) is 0 Å². The molecule has 1 amide bonds. The molecule has 0 N–H and O–H groups in total. The number of aromatic nitrogens is 4. The summed E-state index contributed by atoms with van der Waals surface area (Å²) in [6.07, 6.45) is 0. The second kappa shape index (κ2) is 7.47. The van der Waals surface area contributed by atoms with Gasteiger partial charge in [0.15, 0.2) is 5.82 Å². The summed E-state index contributed by atoms with van der Waals surface area (Å²) in [5.74, 6) is 1.02. The highest BCUT2D eigenvalue weighted by Crippen LogP contribution is 2.22. The van der Waals surface area contributed by atoms with Gasteiger partial charge in [-0.2, -0.15) is 4.98 Å². The highest BCUT2D eigenvalue weighted by atomic mass is 16.2. The number of hydrogen-bond acceptors (Lipinski definition) is 4. The van der Waals surface area contributed by atoms with Gasteiger partial charge in [0, 0.05) is 22.6 Å². The number of amides is 1. The van der Waals surface area contributed by atoms with Gasteiger partial charge < -0.3 is 4.90 Å². The summed E-state index contributed by atoms with van der Waals surface area (Å²) < 4.78 is 1.72. The summed E-state index contributed by atoms with van der Waals surface area (Å²) >= 11 is 0. The number of carbonyl (C=O) groups is 1. The van der Waals surface area contributed by atoms with Gasteiger partial charge in [-0.3, -0.25) is 4.79 Å². The molecule has 6 nitrogen and oxygen atoms in total. The van der Waals surface area contributed by atoms with Crippen LogP contribution in [0.5, 0.6) is 0 Å². The average Bonchev–Trinajstić information content (AvgIpc) is 3.09. The summed E-state index contributed by atoms with van der Waals surface area (Å²) in [4.78, 5) is 24.2. The highest BCUT2D eigenvalue weighted by molar-refractivity contribution is 6.06. The van der Waals surface area contributed by atoms with E-state index in [-0.39, 0.29) is 12.5 Å². The second-order valence-electron chi connectivity index (χ2n) is 7.32. The summed E-state index contributed by atoms with van der Waals surface area (Å²) in [6.45, 7) is 8.12. The standard InChI is InChI=1S/C23H23N5O/c1-15-8-7-10-19(12-15)27(22(29)20-11-6-5-9-16(20)2)14-21-25-23-24-17(3)13-18(4)28(23)26-21/h5-13H,14H2,1-4H3. The summed E-state index contributed by atoms with van der Waals surface area (Å²) in [7, 11) is 0. The zero-order valence-corrected chi connectivity index (χ0v) is 17.0. The first-order chi connectivity index (χ1) is 13.9. The van der Waals surface area contributed by atoms with Crippen LogP contribution in [0, 0.1) is 27.7 Å². The fourth-order valence-electron chi connectivity index (χ4n) is 3.45. The largest absolute Gasteiger partial charge is 0.301 e. The van der Waals surface area contributed by atoms with E-state index in [9.17, 15) is 4.79 Å². The maximum Gasteiger partial charge on any atom is 0.258 e. The zero-order chi connectivity index (χ0) is 20.5. The van der Waals surface area contributed by atoms with Gasteiger partial charge in [0.25, 0.3) is 11.7 Å². The number of benzene rings is 2. The van der Waals surface area contributed by atoms with Crippen LogP contribution in [-0.2, 0) is 6.54 Å². The van der Waals surface area contributed by atoms with Crippen LogP contribution < -0.4 is 4.90 Å². The Hall–Kier alpha value is -3.54. The molecule has 4 aromatic rings. The van der Waals surface area contributed by atoms with E-state index >= 15 is 0 Å². The van der Waals surface area contributed by atoms with Gasteiger partial charge in [-0.25, -0.2) is 9.50 Å². The molecule has 0 saturated carbocycles. The molecule has 146 valence electrons. The second-order valence-corrected chi connectivity index (χ2v) is 7.32. The Kier molecular flexibility index (Phi) is 4.84. The molecule has 4 rings (SSSR count). The third-order valence-corrected chi connectivity index (χ3v) is 4.90. The van der Waals surface area contributed by atoms with Crippen molar-refractivity contribution in [3.8, 4) is 0 Å².